The van der Waals surface area contributed by atoms with Crippen LogP contribution in [-0.2, 0) is 16.1 Å². The van der Waals surface area contributed by atoms with Gasteiger partial charge < -0.3 is 14.6 Å². The Kier molecular flexibility index (Phi) is 4.29. The normalized spacial score (nSPS) is 24.2. The molecule has 19 heavy (non-hydrogen) atoms. The first kappa shape index (κ1) is 14.5. The van der Waals surface area contributed by atoms with Crippen molar-refractivity contribution >= 4 is 0 Å². The zero-order valence-corrected chi connectivity index (χ0v) is 12.1. The molecule has 3 heteroatoms. The molecule has 2 rings (SSSR count). The summed E-state index contributed by atoms with van der Waals surface area (Å²) >= 11 is 0. The summed E-state index contributed by atoms with van der Waals surface area (Å²) in [5.41, 5.74) is 0.347. The summed E-state index contributed by atoms with van der Waals surface area (Å²) in [4.78, 5) is 0. The Labute approximate surface area is 115 Å². The minimum Gasteiger partial charge on any atom is -0.390 e. The fourth-order valence-corrected chi connectivity index (χ4v) is 2.12. The van der Waals surface area contributed by atoms with Crippen LogP contribution in [0.2, 0.25) is 0 Å². The van der Waals surface area contributed by atoms with E-state index in [1.807, 2.05) is 32.0 Å². The van der Waals surface area contributed by atoms with E-state index in [1.54, 1.807) is 0 Å². The molecular weight excluding hydrogens is 240 g/mol. The summed E-state index contributed by atoms with van der Waals surface area (Å²) in [5.74, 6) is 0. The Balaban J connectivity index is 1.88. The maximum Gasteiger partial charge on any atom is 0.115 e. The van der Waals surface area contributed by atoms with Crippen LogP contribution in [0, 0.1) is 0 Å². The third-order valence-corrected chi connectivity index (χ3v) is 3.59. The molecule has 1 aromatic rings. The van der Waals surface area contributed by atoms with Crippen LogP contribution in [0.5, 0.6) is 0 Å². The van der Waals surface area contributed by atoms with Gasteiger partial charge in [0.15, 0.2) is 0 Å². The van der Waals surface area contributed by atoms with Crippen LogP contribution >= 0.6 is 0 Å². The second-order valence-corrected chi connectivity index (χ2v) is 6.24. The van der Waals surface area contributed by atoms with Gasteiger partial charge >= 0.3 is 0 Å². The van der Waals surface area contributed by atoms with Gasteiger partial charge in [-0.05, 0) is 39.2 Å². The molecule has 0 radical (unpaired) electrons. The quantitative estimate of drug-likeness (QED) is 0.770. The van der Waals surface area contributed by atoms with Crippen LogP contribution in [0.25, 0.3) is 0 Å². The SMILES string of the molecule is CC(C)(O)CC[C@H](OCc1ccccc1)[C@@]1(C)CO1. The number of hydrogen-bond donors (Lipinski definition) is 1. The van der Waals surface area contributed by atoms with E-state index >= 15 is 0 Å². The molecule has 0 amide bonds. The second kappa shape index (κ2) is 5.61. The monoisotopic (exact) mass is 264 g/mol. The second-order valence-electron chi connectivity index (χ2n) is 6.24. The molecule has 106 valence electrons. The lowest BCUT2D eigenvalue weighted by Gasteiger charge is -2.25. The molecule has 1 aliphatic heterocycles. The number of benzene rings is 1. The van der Waals surface area contributed by atoms with Gasteiger partial charge in [0.2, 0.25) is 0 Å². The molecule has 1 N–H and O–H groups in total. The number of aliphatic hydroxyl groups is 1. The Bertz CT molecular complexity index is 390. The van der Waals surface area contributed by atoms with Crippen molar-refractivity contribution in [3.63, 3.8) is 0 Å². The molecule has 1 aliphatic rings. The molecule has 1 aromatic carbocycles. The van der Waals surface area contributed by atoms with E-state index in [0.29, 0.717) is 13.0 Å². The molecular formula is C16H24O3. The standard InChI is InChI=1S/C16H24O3/c1-15(2,17)10-9-14(16(3)12-19-16)18-11-13-7-5-4-6-8-13/h4-8,14,17H,9-12H2,1-3H3/t14-,16+/m0/s1. The van der Waals surface area contributed by atoms with E-state index in [-0.39, 0.29) is 11.7 Å². The molecule has 0 saturated carbocycles. The first-order valence-corrected chi connectivity index (χ1v) is 6.91. The summed E-state index contributed by atoms with van der Waals surface area (Å²) in [6, 6.07) is 10.1. The minimum absolute atomic E-state index is 0.0409. The van der Waals surface area contributed by atoms with E-state index in [9.17, 15) is 5.11 Å². The summed E-state index contributed by atoms with van der Waals surface area (Å²) in [6.07, 6.45) is 1.57. The van der Waals surface area contributed by atoms with Crippen LogP contribution in [0.4, 0.5) is 0 Å². The lowest BCUT2D eigenvalue weighted by atomic mass is 9.94. The number of hydrogen-bond acceptors (Lipinski definition) is 3. The van der Waals surface area contributed by atoms with Gasteiger partial charge in [0, 0.05) is 0 Å². The van der Waals surface area contributed by atoms with Gasteiger partial charge in [-0.1, -0.05) is 30.3 Å². The van der Waals surface area contributed by atoms with Gasteiger partial charge in [-0.25, -0.2) is 0 Å². The molecule has 0 bridgehead atoms. The fourth-order valence-electron chi connectivity index (χ4n) is 2.12. The van der Waals surface area contributed by atoms with E-state index < -0.39 is 5.60 Å². The molecule has 2 atom stereocenters. The van der Waals surface area contributed by atoms with Gasteiger partial charge in [0.25, 0.3) is 0 Å². The number of rotatable bonds is 7. The van der Waals surface area contributed by atoms with Crippen LogP contribution in [0.15, 0.2) is 30.3 Å². The van der Waals surface area contributed by atoms with Crippen molar-refractivity contribution in [1.82, 2.24) is 0 Å². The highest BCUT2D eigenvalue weighted by Crippen LogP contribution is 2.35. The first-order valence-electron chi connectivity index (χ1n) is 6.91. The summed E-state index contributed by atoms with van der Waals surface area (Å²) in [7, 11) is 0. The van der Waals surface area contributed by atoms with Crippen molar-refractivity contribution in [3.8, 4) is 0 Å². The van der Waals surface area contributed by atoms with Crippen molar-refractivity contribution in [2.24, 2.45) is 0 Å². The van der Waals surface area contributed by atoms with Gasteiger partial charge in [-0.3, -0.25) is 0 Å². The summed E-state index contributed by atoms with van der Waals surface area (Å²) in [5, 5.41) is 9.84. The Hall–Kier alpha value is -0.900. The maximum absolute atomic E-state index is 9.84. The van der Waals surface area contributed by atoms with Crippen LogP contribution < -0.4 is 0 Å². The van der Waals surface area contributed by atoms with Crippen LogP contribution in [-0.4, -0.2) is 29.0 Å². The van der Waals surface area contributed by atoms with Crippen LogP contribution in [0.3, 0.4) is 0 Å². The molecule has 0 spiro atoms. The zero-order chi connectivity index (χ0) is 13.9. The Morgan fingerprint density at radius 2 is 2.00 bits per heavy atom. The third kappa shape index (κ3) is 4.60. The topological polar surface area (TPSA) is 42.0 Å². The minimum atomic E-state index is -0.653. The molecule has 0 unspecified atom stereocenters. The molecule has 0 aromatic heterocycles. The van der Waals surface area contributed by atoms with E-state index in [1.165, 1.54) is 5.56 Å². The highest BCUT2D eigenvalue weighted by atomic mass is 16.6. The zero-order valence-electron chi connectivity index (χ0n) is 12.1. The Morgan fingerprint density at radius 3 is 2.53 bits per heavy atom. The maximum atomic E-state index is 9.84. The summed E-state index contributed by atoms with van der Waals surface area (Å²) in [6.45, 7) is 7.08. The highest BCUT2D eigenvalue weighted by molar-refractivity contribution is 5.13. The van der Waals surface area contributed by atoms with Gasteiger partial charge in [0.05, 0.1) is 24.9 Å². The fraction of sp³-hybridized carbons (Fsp3) is 0.625. The van der Waals surface area contributed by atoms with Crippen LogP contribution in [0.1, 0.15) is 39.2 Å². The predicted molar refractivity (Wildman–Crippen MR) is 74.9 cm³/mol. The van der Waals surface area contributed by atoms with Crippen molar-refractivity contribution in [2.75, 3.05) is 6.61 Å². The van der Waals surface area contributed by atoms with E-state index in [2.05, 4.69) is 19.1 Å². The highest BCUT2D eigenvalue weighted by Gasteiger charge is 2.47. The largest absolute Gasteiger partial charge is 0.390 e. The molecule has 1 saturated heterocycles. The lowest BCUT2D eigenvalue weighted by molar-refractivity contribution is -0.0304. The predicted octanol–water partition coefficient (Wildman–Crippen LogP) is 2.91. The van der Waals surface area contributed by atoms with E-state index in [0.717, 1.165) is 13.0 Å². The number of epoxide rings is 1. The molecule has 1 fully saturated rings. The average molecular weight is 264 g/mol. The van der Waals surface area contributed by atoms with Crippen molar-refractivity contribution in [3.05, 3.63) is 35.9 Å². The van der Waals surface area contributed by atoms with Gasteiger partial charge in [-0.2, -0.15) is 0 Å². The molecule has 1 heterocycles. The molecule has 0 aliphatic carbocycles. The summed E-state index contributed by atoms with van der Waals surface area (Å²) < 4.78 is 11.5. The van der Waals surface area contributed by atoms with Crippen molar-refractivity contribution in [1.29, 1.82) is 0 Å². The first-order chi connectivity index (χ1) is 8.89. The van der Waals surface area contributed by atoms with E-state index in [4.69, 9.17) is 9.47 Å². The number of ether oxygens (including phenoxy) is 2. The smallest absolute Gasteiger partial charge is 0.115 e. The van der Waals surface area contributed by atoms with Crippen molar-refractivity contribution in [2.45, 2.75) is 57.5 Å². The Morgan fingerprint density at radius 1 is 1.37 bits per heavy atom. The third-order valence-electron chi connectivity index (χ3n) is 3.59. The van der Waals surface area contributed by atoms with Crippen molar-refractivity contribution < 1.29 is 14.6 Å². The van der Waals surface area contributed by atoms with Gasteiger partial charge in [0.1, 0.15) is 5.60 Å². The average Bonchev–Trinajstić information content (AvgIpc) is 3.08. The lowest BCUT2D eigenvalue weighted by Crippen LogP contribution is -2.32. The molecule has 3 nitrogen and oxygen atoms in total. The van der Waals surface area contributed by atoms with Gasteiger partial charge in [-0.15, -0.1) is 0 Å².